The van der Waals surface area contributed by atoms with Crippen LogP contribution in [0.2, 0.25) is 0 Å². The fourth-order valence-electron chi connectivity index (χ4n) is 3.07. The molecule has 134 valence electrons. The number of anilines is 1. The Bertz CT molecular complexity index is 1300. The van der Waals surface area contributed by atoms with E-state index in [1.54, 1.807) is 0 Å². The first-order chi connectivity index (χ1) is 13.8. The predicted molar refractivity (Wildman–Crippen MR) is 113 cm³/mol. The van der Waals surface area contributed by atoms with Crippen molar-refractivity contribution in [2.24, 2.45) is 0 Å². The number of rotatable bonds is 3. The number of fused-ring (bicyclic) bond motifs is 3. The van der Waals surface area contributed by atoms with Crippen molar-refractivity contribution < 1.29 is 4.79 Å². The van der Waals surface area contributed by atoms with Gasteiger partial charge in [-0.3, -0.25) is 10.1 Å². The summed E-state index contributed by atoms with van der Waals surface area (Å²) >= 11 is 1.45. The van der Waals surface area contributed by atoms with Crippen LogP contribution in [0.1, 0.15) is 10.4 Å². The van der Waals surface area contributed by atoms with E-state index >= 15 is 0 Å². The number of amides is 1. The molecule has 0 fully saturated rings. The minimum absolute atomic E-state index is 0.275. The maximum Gasteiger partial charge on any atom is 0.260 e. The fourth-order valence-corrected chi connectivity index (χ4v) is 3.94. The zero-order valence-corrected chi connectivity index (χ0v) is 15.5. The van der Waals surface area contributed by atoms with Gasteiger partial charge < -0.3 is 0 Å². The second-order valence-corrected chi connectivity index (χ2v) is 7.30. The van der Waals surface area contributed by atoms with Crippen LogP contribution >= 0.6 is 11.3 Å². The fraction of sp³-hybridized carbons (Fsp3) is 0. The van der Waals surface area contributed by atoms with Crippen LogP contribution in [-0.2, 0) is 0 Å². The molecule has 0 saturated heterocycles. The van der Waals surface area contributed by atoms with Gasteiger partial charge in [-0.1, -0.05) is 72.0 Å². The van der Waals surface area contributed by atoms with Crippen molar-refractivity contribution in [3.8, 4) is 11.4 Å². The van der Waals surface area contributed by atoms with E-state index in [0.29, 0.717) is 16.5 Å². The van der Waals surface area contributed by atoms with Crippen LogP contribution in [0.25, 0.3) is 32.4 Å². The van der Waals surface area contributed by atoms with Crippen LogP contribution < -0.4 is 5.32 Å². The lowest BCUT2D eigenvalue weighted by Gasteiger charge is -2.03. The molecule has 5 rings (SSSR count). The first kappa shape index (κ1) is 16.5. The third kappa shape index (κ3) is 3.00. The summed E-state index contributed by atoms with van der Waals surface area (Å²) in [5.41, 5.74) is 2.20. The van der Waals surface area contributed by atoms with Crippen molar-refractivity contribution in [2.75, 3.05) is 5.32 Å². The van der Waals surface area contributed by atoms with E-state index in [9.17, 15) is 4.79 Å². The Hall–Kier alpha value is -3.64. The maximum absolute atomic E-state index is 12.6. The lowest BCUT2D eigenvalue weighted by Crippen LogP contribution is -2.12. The average Bonchev–Trinajstić information content (AvgIpc) is 3.17. The summed E-state index contributed by atoms with van der Waals surface area (Å²) in [6.07, 6.45) is 3.07. The van der Waals surface area contributed by atoms with E-state index in [1.807, 2.05) is 54.6 Å². The van der Waals surface area contributed by atoms with Gasteiger partial charge in [-0.15, -0.1) is 0 Å². The summed E-state index contributed by atoms with van der Waals surface area (Å²) in [5, 5.41) is 5.62. The number of benzene rings is 3. The number of nitrogens with one attached hydrogen (secondary N) is 1. The summed E-state index contributed by atoms with van der Waals surface area (Å²) in [6.45, 7) is 0. The van der Waals surface area contributed by atoms with Gasteiger partial charge in [-0.2, -0.15) is 0 Å². The number of hydrogen-bond donors (Lipinski definition) is 1. The van der Waals surface area contributed by atoms with Crippen molar-refractivity contribution in [1.82, 2.24) is 15.0 Å². The Morgan fingerprint density at radius 3 is 2.43 bits per heavy atom. The standard InChI is InChI=1S/C22H14N4OS/c27-21(16-12-23-20(24-13-16)15-7-2-1-3-8-15)26-22-25-19-17-9-5-4-6-14(17)10-11-18(19)28-22/h1-13H,(H,25,26,27). The zero-order chi connectivity index (χ0) is 18.9. The van der Waals surface area contributed by atoms with E-state index in [1.165, 1.54) is 23.7 Å². The Balaban J connectivity index is 1.41. The van der Waals surface area contributed by atoms with Gasteiger partial charge >= 0.3 is 0 Å². The minimum Gasteiger partial charge on any atom is -0.298 e. The first-order valence-electron chi connectivity index (χ1n) is 8.75. The molecule has 1 N–H and O–H groups in total. The molecule has 5 aromatic rings. The van der Waals surface area contributed by atoms with Crippen molar-refractivity contribution in [3.05, 3.63) is 84.7 Å². The summed E-state index contributed by atoms with van der Waals surface area (Å²) in [7, 11) is 0. The maximum atomic E-state index is 12.6. The molecule has 2 aromatic heterocycles. The number of thiazole rings is 1. The molecule has 0 aliphatic rings. The third-order valence-corrected chi connectivity index (χ3v) is 5.39. The minimum atomic E-state index is -0.275. The molecule has 0 spiro atoms. The molecule has 5 nitrogen and oxygen atoms in total. The Morgan fingerprint density at radius 2 is 1.61 bits per heavy atom. The molecule has 3 aromatic carbocycles. The third-order valence-electron chi connectivity index (χ3n) is 4.45. The molecule has 0 atom stereocenters. The molecule has 0 unspecified atom stereocenters. The van der Waals surface area contributed by atoms with E-state index in [4.69, 9.17) is 0 Å². The first-order valence-corrected chi connectivity index (χ1v) is 9.57. The molecule has 0 bridgehead atoms. The predicted octanol–water partition coefficient (Wildman–Crippen LogP) is 5.16. The number of hydrogen-bond acceptors (Lipinski definition) is 5. The lowest BCUT2D eigenvalue weighted by molar-refractivity contribution is 0.102. The number of carbonyl (C=O) groups excluding carboxylic acids is 1. The number of carbonyl (C=O) groups is 1. The molecule has 0 aliphatic heterocycles. The Kier molecular flexibility index (Phi) is 4.03. The Morgan fingerprint density at radius 1 is 0.857 bits per heavy atom. The second-order valence-electron chi connectivity index (χ2n) is 6.27. The van der Waals surface area contributed by atoms with Gasteiger partial charge in [0.25, 0.3) is 5.91 Å². The van der Waals surface area contributed by atoms with Gasteiger partial charge in [0.1, 0.15) is 0 Å². The van der Waals surface area contributed by atoms with E-state index in [2.05, 4.69) is 32.4 Å². The highest BCUT2D eigenvalue weighted by atomic mass is 32.1. The van der Waals surface area contributed by atoms with E-state index in [-0.39, 0.29) is 5.91 Å². The molecule has 28 heavy (non-hydrogen) atoms. The van der Waals surface area contributed by atoms with Crippen LogP contribution in [0, 0.1) is 0 Å². The number of nitrogens with zero attached hydrogens (tertiary/aromatic N) is 3. The van der Waals surface area contributed by atoms with Gasteiger partial charge in [0, 0.05) is 23.3 Å². The van der Waals surface area contributed by atoms with E-state index in [0.717, 1.165) is 26.6 Å². The van der Waals surface area contributed by atoms with Crippen LogP contribution in [0.3, 0.4) is 0 Å². The normalized spacial score (nSPS) is 11.0. The molecule has 2 heterocycles. The van der Waals surface area contributed by atoms with Crippen LogP contribution in [0.15, 0.2) is 79.1 Å². The smallest absolute Gasteiger partial charge is 0.260 e. The zero-order valence-electron chi connectivity index (χ0n) is 14.7. The van der Waals surface area contributed by atoms with Crippen molar-refractivity contribution >= 4 is 43.4 Å². The van der Waals surface area contributed by atoms with Crippen LogP contribution in [0.4, 0.5) is 5.13 Å². The van der Waals surface area contributed by atoms with Gasteiger partial charge in [-0.05, 0) is 11.5 Å². The molecule has 0 aliphatic carbocycles. The Labute approximate surface area is 164 Å². The van der Waals surface area contributed by atoms with Crippen molar-refractivity contribution in [3.63, 3.8) is 0 Å². The summed E-state index contributed by atoms with van der Waals surface area (Å²) in [5.74, 6) is 0.312. The average molecular weight is 382 g/mol. The van der Waals surface area contributed by atoms with Crippen LogP contribution in [-0.4, -0.2) is 20.9 Å². The van der Waals surface area contributed by atoms with Gasteiger partial charge in [0.15, 0.2) is 11.0 Å². The highest BCUT2D eigenvalue weighted by Gasteiger charge is 2.13. The van der Waals surface area contributed by atoms with Crippen molar-refractivity contribution in [2.45, 2.75) is 0 Å². The monoisotopic (exact) mass is 382 g/mol. The largest absolute Gasteiger partial charge is 0.298 e. The number of aromatic nitrogens is 3. The van der Waals surface area contributed by atoms with Crippen LogP contribution in [0.5, 0.6) is 0 Å². The molecular formula is C22H14N4OS. The molecule has 6 heteroatoms. The second kappa shape index (κ2) is 6.83. The highest BCUT2D eigenvalue weighted by molar-refractivity contribution is 7.22. The molecule has 0 radical (unpaired) electrons. The summed E-state index contributed by atoms with van der Waals surface area (Å²) in [6, 6.07) is 21.8. The summed E-state index contributed by atoms with van der Waals surface area (Å²) in [4.78, 5) is 25.8. The summed E-state index contributed by atoms with van der Waals surface area (Å²) < 4.78 is 1.03. The van der Waals surface area contributed by atoms with Gasteiger partial charge in [-0.25, -0.2) is 15.0 Å². The molecule has 1 amide bonds. The van der Waals surface area contributed by atoms with Gasteiger partial charge in [0.05, 0.1) is 15.8 Å². The topological polar surface area (TPSA) is 67.8 Å². The SMILES string of the molecule is O=C(Nc1nc2c(ccc3ccccc32)s1)c1cnc(-c2ccccc2)nc1. The molecule has 0 saturated carbocycles. The molecular weight excluding hydrogens is 368 g/mol. The highest BCUT2D eigenvalue weighted by Crippen LogP contribution is 2.31. The van der Waals surface area contributed by atoms with E-state index < -0.39 is 0 Å². The quantitative estimate of drug-likeness (QED) is 0.468. The van der Waals surface area contributed by atoms with Gasteiger partial charge in [0.2, 0.25) is 0 Å². The lowest BCUT2D eigenvalue weighted by atomic mass is 10.1. The van der Waals surface area contributed by atoms with Crippen molar-refractivity contribution in [1.29, 1.82) is 0 Å².